The van der Waals surface area contributed by atoms with E-state index in [4.69, 9.17) is 63.6 Å². The third-order valence-corrected chi connectivity index (χ3v) is 16.4. The molecule has 6 aromatic carbocycles. The molecule has 25 nitrogen and oxygen atoms in total. The molecule has 7 N–H and O–H groups in total. The van der Waals surface area contributed by atoms with Crippen LogP contribution in [-0.2, 0) is 48.2 Å². The number of nitrogens with one attached hydrogen (secondary N) is 6. The molecule has 3 aromatic heterocycles. The second-order valence-electron chi connectivity index (χ2n) is 18.8. The Labute approximate surface area is 548 Å². The number of hydrogen-bond acceptors (Lipinski definition) is 21. The van der Waals surface area contributed by atoms with Crippen LogP contribution in [0.4, 0.5) is 29.8 Å². The molecule has 0 bridgehead atoms. The fourth-order valence-corrected chi connectivity index (χ4v) is 11.2. The number of halogens is 3. The Bertz CT molecular complexity index is 4010. The van der Waals surface area contributed by atoms with E-state index in [0.717, 1.165) is 42.9 Å². The van der Waals surface area contributed by atoms with E-state index < -0.39 is 24.2 Å². The maximum atomic E-state index is 12.1. The first-order chi connectivity index (χ1) is 43.8. The molecule has 0 saturated heterocycles. The fraction of sp³-hybridized carbons (Fsp3) is 0.233. The molecule has 91 heavy (non-hydrogen) atoms. The molecule has 9 aromatic rings. The minimum absolute atomic E-state index is 0.00908. The summed E-state index contributed by atoms with van der Waals surface area (Å²) in [6, 6.07) is 37.5. The number of carboxylic acid groups (broad SMARTS) is 1. The SMILES string of the molecule is CC(=O)N(CCOC(=O)Nc1nc2ccc(C(=O)O)cc2s1)NCc1ccccc1Cl.COc1ccc2nc(NC(=O)OCCN(NCc3ccccc3Cl)C(C)=O)sc2c1.COc1cccc2sc(NC(=O)OCCN(NCc3ccccc3Cl)C(C)=O)nc12. The van der Waals surface area contributed by atoms with Crippen LogP contribution < -0.4 is 41.7 Å². The van der Waals surface area contributed by atoms with Crippen LogP contribution in [0.5, 0.6) is 11.5 Å². The van der Waals surface area contributed by atoms with Crippen LogP contribution in [-0.4, -0.2) is 131 Å². The number of methoxy groups -OCH3 is 2. The molecule has 0 unspecified atom stereocenters. The van der Waals surface area contributed by atoms with Gasteiger partial charge < -0.3 is 28.8 Å². The van der Waals surface area contributed by atoms with Crippen LogP contribution in [0.3, 0.4) is 0 Å². The van der Waals surface area contributed by atoms with Crippen LogP contribution >= 0.6 is 68.8 Å². The van der Waals surface area contributed by atoms with Crippen molar-refractivity contribution in [2.24, 2.45) is 0 Å². The molecular weight excluding hydrogens is 1300 g/mol. The summed E-state index contributed by atoms with van der Waals surface area (Å²) in [5.41, 5.74) is 13.6. The largest absolute Gasteiger partial charge is 0.497 e. The number of benzene rings is 6. The van der Waals surface area contributed by atoms with Gasteiger partial charge in [-0.15, -0.1) is 0 Å². The number of aromatic nitrogens is 3. The number of ether oxygens (including phenoxy) is 5. The van der Waals surface area contributed by atoms with Gasteiger partial charge in [0.25, 0.3) is 0 Å². The number of carboxylic acids is 1. The van der Waals surface area contributed by atoms with Crippen molar-refractivity contribution in [3.05, 3.63) is 165 Å². The first-order valence-electron chi connectivity index (χ1n) is 27.4. The lowest BCUT2D eigenvalue weighted by atomic mass is 10.2. The molecule has 31 heteroatoms. The van der Waals surface area contributed by atoms with Gasteiger partial charge >= 0.3 is 24.2 Å². The third kappa shape index (κ3) is 21.6. The quantitative estimate of drug-likeness (QED) is 0.0218. The minimum Gasteiger partial charge on any atom is -0.497 e. The molecule has 9 rings (SSSR count). The molecule has 6 amide bonds. The highest BCUT2D eigenvalue weighted by atomic mass is 35.5. The van der Waals surface area contributed by atoms with Crippen molar-refractivity contribution in [1.29, 1.82) is 0 Å². The standard InChI is InChI=1S/C20H19ClN4O5S.2C20H21ClN4O4S/c1-12(26)25(22-11-14-4-2-3-5-15(14)21)8-9-30-20(29)24-19-23-16-7-6-13(18(27)28)10-17(16)31-19;1-13(26)25(22-12-14-6-3-4-7-15(14)21)10-11-29-20(27)24-19-23-18-16(28-2)8-5-9-17(18)30-19;1-13(26)25(22-12-14-5-3-4-6-16(14)21)9-10-29-20(27)24-19-23-17-8-7-15(28-2)11-18(17)30-19/h2-7,10,22H,8-9,11H2,1H3,(H,27,28)(H,23,24,29);3-9,22H,10-12H2,1-2H3,(H,23,24,27);3-8,11,22H,9-10,12H2,1-2H3,(H,23,24,27). The number of carbonyl (C=O) groups excluding carboxylic acids is 6. The average molecular weight is 1360 g/mol. The van der Waals surface area contributed by atoms with Gasteiger partial charge in [-0.25, -0.2) is 50.4 Å². The second-order valence-corrected chi connectivity index (χ2v) is 23.1. The zero-order valence-electron chi connectivity index (χ0n) is 49.4. The van der Waals surface area contributed by atoms with Crippen molar-refractivity contribution >= 4 is 157 Å². The summed E-state index contributed by atoms with van der Waals surface area (Å²) >= 11 is 22.1. The first kappa shape index (κ1) is 69.5. The lowest BCUT2D eigenvalue weighted by Gasteiger charge is -2.22. The topological polar surface area (TPSA) is 306 Å². The summed E-state index contributed by atoms with van der Waals surface area (Å²) in [6.07, 6.45) is -2.02. The van der Waals surface area contributed by atoms with Crippen LogP contribution in [0, 0.1) is 0 Å². The summed E-state index contributed by atoms with van der Waals surface area (Å²) < 4.78 is 28.3. The Morgan fingerprint density at radius 1 is 0.473 bits per heavy atom. The van der Waals surface area contributed by atoms with Gasteiger partial charge in [-0.3, -0.25) is 45.4 Å². The smallest absolute Gasteiger partial charge is 0.413 e. The fourth-order valence-electron chi connectivity index (χ4n) is 7.91. The summed E-state index contributed by atoms with van der Waals surface area (Å²) in [6.45, 7) is 5.81. The van der Waals surface area contributed by atoms with Gasteiger partial charge in [0.1, 0.15) is 36.8 Å². The molecule has 0 spiro atoms. The third-order valence-electron chi connectivity index (χ3n) is 12.5. The number of nitrogens with zero attached hydrogens (tertiary/aromatic N) is 6. The number of carbonyl (C=O) groups is 7. The van der Waals surface area contributed by atoms with Gasteiger partial charge in [-0.2, -0.15) is 0 Å². The normalized spacial score (nSPS) is 10.6. The Kier molecular flexibility index (Phi) is 26.6. The predicted octanol–water partition coefficient (Wildman–Crippen LogP) is 11.9. The molecule has 0 saturated carbocycles. The van der Waals surface area contributed by atoms with Gasteiger partial charge in [0.05, 0.1) is 64.6 Å². The number of rotatable bonds is 24. The number of anilines is 3. The van der Waals surface area contributed by atoms with Gasteiger partial charge in [-0.1, -0.05) is 129 Å². The highest BCUT2D eigenvalue weighted by molar-refractivity contribution is 7.23. The van der Waals surface area contributed by atoms with Gasteiger partial charge in [0.2, 0.25) is 17.7 Å². The number of aromatic carboxylic acids is 1. The van der Waals surface area contributed by atoms with E-state index in [1.807, 2.05) is 78.9 Å². The van der Waals surface area contributed by atoms with Gasteiger partial charge in [0, 0.05) is 55.5 Å². The van der Waals surface area contributed by atoms with Gasteiger partial charge in [-0.05, 0) is 83.4 Å². The number of hydrogen-bond donors (Lipinski definition) is 7. The number of amides is 6. The molecule has 3 heterocycles. The Morgan fingerprint density at radius 3 is 1.26 bits per heavy atom. The summed E-state index contributed by atoms with van der Waals surface area (Å²) in [7, 11) is 3.16. The van der Waals surface area contributed by atoms with Crippen LogP contribution in [0.2, 0.25) is 15.1 Å². The van der Waals surface area contributed by atoms with E-state index in [2.05, 4.69) is 47.2 Å². The molecular formula is C60H61Cl3N12O13S3. The molecule has 0 atom stereocenters. The van der Waals surface area contributed by atoms with Crippen molar-refractivity contribution < 1.29 is 62.4 Å². The predicted molar refractivity (Wildman–Crippen MR) is 351 cm³/mol. The maximum absolute atomic E-state index is 12.1. The zero-order valence-corrected chi connectivity index (χ0v) is 54.1. The van der Waals surface area contributed by atoms with Crippen LogP contribution in [0.15, 0.2) is 127 Å². The number of hydrazine groups is 3. The maximum Gasteiger partial charge on any atom is 0.413 e. The Hall–Kier alpha value is -8.97. The zero-order chi connectivity index (χ0) is 65.4. The monoisotopic (exact) mass is 1360 g/mol. The molecule has 478 valence electrons. The van der Waals surface area contributed by atoms with Crippen molar-refractivity contribution in [2.75, 3.05) is 69.6 Å². The minimum atomic E-state index is -1.04. The van der Waals surface area contributed by atoms with Crippen LogP contribution in [0.1, 0.15) is 47.8 Å². The number of thiazole rings is 3. The number of para-hydroxylation sites is 1. The van der Waals surface area contributed by atoms with E-state index in [0.29, 0.717) is 72.2 Å². The van der Waals surface area contributed by atoms with E-state index in [9.17, 15) is 33.6 Å². The van der Waals surface area contributed by atoms with Crippen LogP contribution in [0.25, 0.3) is 30.6 Å². The molecule has 0 aliphatic rings. The van der Waals surface area contributed by atoms with E-state index in [1.54, 1.807) is 50.6 Å². The highest BCUT2D eigenvalue weighted by Crippen LogP contribution is 2.33. The highest BCUT2D eigenvalue weighted by Gasteiger charge is 2.18. The molecule has 0 radical (unpaired) electrons. The molecule has 0 aliphatic carbocycles. The van der Waals surface area contributed by atoms with Crippen molar-refractivity contribution in [1.82, 2.24) is 46.3 Å². The molecule has 0 fully saturated rings. The lowest BCUT2D eigenvalue weighted by molar-refractivity contribution is -0.133. The number of fused-ring (bicyclic) bond motifs is 3. The first-order valence-corrected chi connectivity index (χ1v) is 30.9. The molecule has 0 aliphatic heterocycles. The van der Waals surface area contributed by atoms with Crippen molar-refractivity contribution in [3.8, 4) is 11.5 Å². The second kappa shape index (κ2) is 34.9. The Morgan fingerprint density at radius 2 is 0.868 bits per heavy atom. The summed E-state index contributed by atoms with van der Waals surface area (Å²) in [5, 5.41) is 23.7. The lowest BCUT2D eigenvalue weighted by Crippen LogP contribution is -2.43. The summed E-state index contributed by atoms with van der Waals surface area (Å²) in [5.74, 6) is -0.338. The summed E-state index contributed by atoms with van der Waals surface area (Å²) in [4.78, 5) is 95.6. The van der Waals surface area contributed by atoms with Crippen molar-refractivity contribution in [2.45, 2.75) is 40.4 Å². The average Bonchev–Trinajstić information content (AvgIpc) is 1.91. The van der Waals surface area contributed by atoms with E-state index in [1.165, 1.54) is 70.6 Å². The van der Waals surface area contributed by atoms with Gasteiger partial charge in [0.15, 0.2) is 15.4 Å². The van der Waals surface area contributed by atoms with E-state index in [-0.39, 0.29) is 67.9 Å². The Balaban J connectivity index is 0.000000194. The van der Waals surface area contributed by atoms with Crippen molar-refractivity contribution in [3.63, 3.8) is 0 Å². The van der Waals surface area contributed by atoms with E-state index >= 15 is 0 Å².